The van der Waals surface area contributed by atoms with E-state index in [1.165, 1.54) is 12.1 Å². The van der Waals surface area contributed by atoms with Crippen LogP contribution in [0.1, 0.15) is 43.4 Å². The highest BCUT2D eigenvalue weighted by Gasteiger charge is 2.51. The smallest absolute Gasteiger partial charge is 0.376 e. The molecule has 4 heteroatoms. The van der Waals surface area contributed by atoms with Gasteiger partial charge in [0.15, 0.2) is 5.60 Å². The lowest BCUT2D eigenvalue weighted by atomic mass is 9.91. The Bertz CT molecular complexity index is 463. The van der Waals surface area contributed by atoms with Gasteiger partial charge >= 0.3 is 6.18 Å². The Labute approximate surface area is 105 Å². The topological polar surface area (TPSA) is 20.2 Å². The molecule has 0 spiro atoms. The minimum absolute atomic E-state index is 0.0740. The largest absolute Gasteiger partial charge is 0.421 e. The fraction of sp³-hybridized carbons (Fsp3) is 0.571. The summed E-state index contributed by atoms with van der Waals surface area (Å²) in [6, 6.07) is 4.61. The maximum atomic E-state index is 12.8. The third-order valence-corrected chi connectivity index (χ3v) is 4.14. The predicted octanol–water partition coefficient (Wildman–Crippen LogP) is 3.75. The van der Waals surface area contributed by atoms with Crippen LogP contribution in [0, 0.1) is 5.92 Å². The second-order valence-electron chi connectivity index (χ2n) is 5.45. The lowest BCUT2D eigenvalue weighted by Crippen LogP contribution is -2.39. The summed E-state index contributed by atoms with van der Waals surface area (Å²) in [5, 5.41) is 9.66. The zero-order valence-electron chi connectivity index (χ0n) is 10.7. The van der Waals surface area contributed by atoms with Crippen LogP contribution in [0.4, 0.5) is 13.2 Å². The van der Waals surface area contributed by atoms with Crippen molar-refractivity contribution in [3.05, 3.63) is 34.9 Å². The van der Waals surface area contributed by atoms with Gasteiger partial charge in [0, 0.05) is 0 Å². The summed E-state index contributed by atoms with van der Waals surface area (Å²) in [6.07, 6.45) is -3.88. The summed E-state index contributed by atoms with van der Waals surface area (Å²) < 4.78 is 38.3. The summed E-state index contributed by atoms with van der Waals surface area (Å²) in [5.41, 5.74) is -0.826. The molecule has 1 aliphatic carbocycles. The Kier molecular flexibility index (Phi) is 2.97. The zero-order valence-corrected chi connectivity index (χ0v) is 10.7. The van der Waals surface area contributed by atoms with Gasteiger partial charge in [-0.2, -0.15) is 13.2 Å². The van der Waals surface area contributed by atoms with Gasteiger partial charge in [-0.3, -0.25) is 0 Å². The van der Waals surface area contributed by atoms with Crippen molar-refractivity contribution in [2.45, 2.75) is 44.9 Å². The summed E-state index contributed by atoms with van der Waals surface area (Å²) in [5.74, 6) is 0.802. The summed E-state index contributed by atoms with van der Waals surface area (Å²) >= 11 is 0. The SMILES string of the molecule is CC1Cc2cc(C(C)(O)C(F)(F)F)ccc2C1C. The van der Waals surface area contributed by atoms with Crippen molar-refractivity contribution in [2.24, 2.45) is 5.92 Å². The maximum absolute atomic E-state index is 12.8. The Morgan fingerprint density at radius 2 is 1.83 bits per heavy atom. The second-order valence-corrected chi connectivity index (χ2v) is 5.45. The van der Waals surface area contributed by atoms with E-state index in [0.717, 1.165) is 24.5 Å². The van der Waals surface area contributed by atoms with E-state index in [9.17, 15) is 18.3 Å². The molecule has 1 aliphatic rings. The molecule has 0 radical (unpaired) electrons. The van der Waals surface area contributed by atoms with Crippen molar-refractivity contribution in [3.63, 3.8) is 0 Å². The normalized spacial score (nSPS) is 26.8. The molecule has 1 aromatic carbocycles. The van der Waals surface area contributed by atoms with Gasteiger partial charge in [-0.05, 0) is 41.9 Å². The van der Waals surface area contributed by atoms with Crippen LogP contribution < -0.4 is 0 Å². The van der Waals surface area contributed by atoms with E-state index in [2.05, 4.69) is 13.8 Å². The van der Waals surface area contributed by atoms with E-state index in [-0.39, 0.29) is 5.56 Å². The molecule has 0 heterocycles. The lowest BCUT2D eigenvalue weighted by molar-refractivity contribution is -0.258. The molecule has 0 amide bonds. The maximum Gasteiger partial charge on any atom is 0.421 e. The molecule has 1 nitrogen and oxygen atoms in total. The van der Waals surface area contributed by atoms with Gasteiger partial charge in [-0.15, -0.1) is 0 Å². The molecular weight excluding hydrogens is 241 g/mol. The molecule has 0 saturated heterocycles. The number of alkyl halides is 3. The van der Waals surface area contributed by atoms with Crippen LogP contribution in [0.5, 0.6) is 0 Å². The molecule has 3 unspecified atom stereocenters. The highest BCUT2D eigenvalue weighted by atomic mass is 19.4. The van der Waals surface area contributed by atoms with E-state index in [4.69, 9.17) is 0 Å². The number of aliphatic hydroxyl groups is 1. The third kappa shape index (κ3) is 1.92. The zero-order chi connectivity index (χ0) is 13.7. The molecule has 0 fully saturated rings. The van der Waals surface area contributed by atoms with Gasteiger partial charge in [-0.1, -0.05) is 32.0 Å². The average molecular weight is 258 g/mol. The highest BCUT2D eigenvalue weighted by Crippen LogP contribution is 2.42. The summed E-state index contributed by atoms with van der Waals surface area (Å²) in [4.78, 5) is 0. The van der Waals surface area contributed by atoms with Crippen LogP contribution >= 0.6 is 0 Å². The number of rotatable bonds is 1. The standard InChI is InChI=1S/C14H17F3O/c1-8-6-10-7-11(4-5-12(10)9(8)2)13(3,18)14(15,16)17/h4-5,7-9,18H,6H2,1-3H3. The molecule has 2 rings (SSSR count). The summed E-state index contributed by atoms with van der Waals surface area (Å²) in [6.45, 7) is 4.97. The van der Waals surface area contributed by atoms with Crippen LogP contribution in [0.3, 0.4) is 0 Å². The minimum Gasteiger partial charge on any atom is -0.376 e. The molecule has 1 N–H and O–H groups in total. The monoisotopic (exact) mass is 258 g/mol. The number of benzene rings is 1. The van der Waals surface area contributed by atoms with Crippen LogP contribution in [0.2, 0.25) is 0 Å². The molecule has 0 saturated carbocycles. The Hall–Kier alpha value is -1.03. The van der Waals surface area contributed by atoms with E-state index < -0.39 is 11.8 Å². The molecule has 0 bridgehead atoms. The first-order chi connectivity index (χ1) is 8.14. The highest BCUT2D eigenvalue weighted by molar-refractivity contribution is 5.41. The van der Waals surface area contributed by atoms with E-state index in [1.807, 2.05) is 0 Å². The van der Waals surface area contributed by atoms with Gasteiger partial charge in [0.1, 0.15) is 0 Å². The van der Waals surface area contributed by atoms with Crippen molar-refractivity contribution >= 4 is 0 Å². The molecule has 3 atom stereocenters. The minimum atomic E-state index is -4.66. The molecule has 0 aromatic heterocycles. The summed E-state index contributed by atoms with van der Waals surface area (Å²) in [7, 11) is 0. The number of halogens is 3. The fourth-order valence-corrected chi connectivity index (χ4v) is 2.52. The van der Waals surface area contributed by atoms with Crippen LogP contribution in [-0.2, 0) is 12.0 Å². The number of hydrogen-bond acceptors (Lipinski definition) is 1. The first-order valence-corrected chi connectivity index (χ1v) is 6.07. The predicted molar refractivity (Wildman–Crippen MR) is 63.4 cm³/mol. The first kappa shape index (κ1) is 13.4. The number of hydrogen-bond donors (Lipinski definition) is 1. The molecule has 100 valence electrons. The molecular formula is C14H17F3O. The first-order valence-electron chi connectivity index (χ1n) is 6.07. The van der Waals surface area contributed by atoms with Crippen molar-refractivity contribution in [2.75, 3.05) is 0 Å². The second kappa shape index (κ2) is 3.98. The van der Waals surface area contributed by atoms with Crippen molar-refractivity contribution in [1.82, 2.24) is 0 Å². The average Bonchev–Trinajstić information content (AvgIpc) is 2.53. The quantitative estimate of drug-likeness (QED) is 0.813. The Morgan fingerprint density at radius 1 is 1.22 bits per heavy atom. The van der Waals surface area contributed by atoms with E-state index in [1.54, 1.807) is 6.07 Å². The lowest BCUT2D eigenvalue weighted by Gasteiger charge is -2.27. The van der Waals surface area contributed by atoms with E-state index >= 15 is 0 Å². The Morgan fingerprint density at radius 3 is 2.39 bits per heavy atom. The van der Waals surface area contributed by atoms with Crippen molar-refractivity contribution < 1.29 is 18.3 Å². The van der Waals surface area contributed by atoms with Gasteiger partial charge in [0.2, 0.25) is 0 Å². The van der Waals surface area contributed by atoms with Crippen LogP contribution in [0.15, 0.2) is 18.2 Å². The van der Waals surface area contributed by atoms with E-state index in [0.29, 0.717) is 11.8 Å². The number of fused-ring (bicyclic) bond motifs is 1. The molecule has 0 aliphatic heterocycles. The van der Waals surface area contributed by atoms with Gasteiger partial charge in [0.25, 0.3) is 0 Å². The third-order valence-electron chi connectivity index (χ3n) is 4.14. The van der Waals surface area contributed by atoms with Gasteiger partial charge in [-0.25, -0.2) is 0 Å². The van der Waals surface area contributed by atoms with Crippen molar-refractivity contribution in [3.8, 4) is 0 Å². The van der Waals surface area contributed by atoms with Crippen molar-refractivity contribution in [1.29, 1.82) is 0 Å². The van der Waals surface area contributed by atoms with Gasteiger partial charge in [0.05, 0.1) is 0 Å². The molecule has 1 aromatic rings. The van der Waals surface area contributed by atoms with Crippen LogP contribution in [0.25, 0.3) is 0 Å². The van der Waals surface area contributed by atoms with Crippen LogP contribution in [-0.4, -0.2) is 11.3 Å². The van der Waals surface area contributed by atoms with Gasteiger partial charge < -0.3 is 5.11 Å². The Balaban J connectivity index is 2.43. The fourth-order valence-electron chi connectivity index (χ4n) is 2.52. The molecule has 18 heavy (non-hydrogen) atoms.